The van der Waals surface area contributed by atoms with Crippen LogP contribution in [0.25, 0.3) is 0 Å². The molecule has 0 aliphatic heterocycles. The Balaban J connectivity index is 1.42. The second-order valence-corrected chi connectivity index (χ2v) is 8.01. The van der Waals surface area contributed by atoms with Crippen molar-refractivity contribution in [1.29, 1.82) is 0 Å². The SMILES string of the molecule is O=C(CSc1n[nH]c(CC2CCCC2)n1)NCc1ccc(Cl)cc1Cl. The number of nitrogens with one attached hydrogen (secondary N) is 2. The Morgan fingerprint density at radius 1 is 1.32 bits per heavy atom. The van der Waals surface area contributed by atoms with Gasteiger partial charge in [0.1, 0.15) is 5.82 Å². The van der Waals surface area contributed by atoms with E-state index in [1.54, 1.807) is 12.1 Å². The van der Waals surface area contributed by atoms with Crippen LogP contribution in [0.5, 0.6) is 0 Å². The van der Waals surface area contributed by atoms with E-state index in [2.05, 4.69) is 20.5 Å². The number of benzene rings is 1. The molecule has 1 heterocycles. The van der Waals surface area contributed by atoms with Gasteiger partial charge in [-0.15, -0.1) is 5.10 Å². The number of carbonyl (C=O) groups excluding carboxylic acids is 1. The zero-order valence-electron chi connectivity index (χ0n) is 13.7. The number of halogens is 2. The highest BCUT2D eigenvalue weighted by molar-refractivity contribution is 7.99. The first-order chi connectivity index (χ1) is 12.1. The number of aromatic nitrogens is 3. The molecule has 2 aromatic rings. The Hall–Kier alpha value is -1.24. The Morgan fingerprint density at radius 2 is 2.12 bits per heavy atom. The lowest BCUT2D eigenvalue weighted by Gasteiger charge is -2.06. The lowest BCUT2D eigenvalue weighted by Crippen LogP contribution is -2.24. The third-order valence-electron chi connectivity index (χ3n) is 4.29. The van der Waals surface area contributed by atoms with E-state index in [4.69, 9.17) is 23.2 Å². The van der Waals surface area contributed by atoms with Crippen molar-refractivity contribution in [3.05, 3.63) is 39.6 Å². The standard InChI is InChI=1S/C17H20Cl2N4OS/c18-13-6-5-12(14(19)8-13)9-20-16(24)10-25-17-21-15(22-23-17)7-11-3-1-2-4-11/h5-6,8,11H,1-4,7,9-10H2,(H,20,24)(H,21,22,23). The highest BCUT2D eigenvalue weighted by atomic mass is 35.5. The summed E-state index contributed by atoms with van der Waals surface area (Å²) in [5.74, 6) is 1.82. The third-order valence-corrected chi connectivity index (χ3v) is 5.73. The molecule has 1 amide bonds. The first-order valence-electron chi connectivity index (χ1n) is 8.35. The minimum atomic E-state index is -0.0850. The summed E-state index contributed by atoms with van der Waals surface area (Å²) < 4.78 is 0. The second kappa shape index (κ2) is 8.92. The molecule has 0 unspecified atom stereocenters. The van der Waals surface area contributed by atoms with Gasteiger partial charge in [-0.2, -0.15) is 0 Å². The number of hydrogen-bond acceptors (Lipinski definition) is 4. The van der Waals surface area contributed by atoms with Gasteiger partial charge in [0.2, 0.25) is 11.1 Å². The molecule has 1 aliphatic rings. The van der Waals surface area contributed by atoms with E-state index in [-0.39, 0.29) is 11.7 Å². The molecule has 1 aromatic carbocycles. The quantitative estimate of drug-likeness (QED) is 0.683. The van der Waals surface area contributed by atoms with Crippen LogP contribution in [0.2, 0.25) is 10.0 Å². The average Bonchev–Trinajstić information content (AvgIpc) is 3.24. The van der Waals surface area contributed by atoms with Gasteiger partial charge in [0.15, 0.2) is 0 Å². The van der Waals surface area contributed by atoms with Crippen LogP contribution in [0.3, 0.4) is 0 Å². The zero-order chi connectivity index (χ0) is 17.6. The van der Waals surface area contributed by atoms with E-state index in [1.165, 1.54) is 37.4 Å². The maximum atomic E-state index is 12.0. The molecule has 8 heteroatoms. The van der Waals surface area contributed by atoms with Gasteiger partial charge in [0, 0.05) is 23.0 Å². The predicted octanol–water partition coefficient (Wildman–Crippen LogP) is 4.25. The molecule has 2 N–H and O–H groups in total. The molecule has 1 fully saturated rings. The van der Waals surface area contributed by atoms with Crippen LogP contribution in [0.4, 0.5) is 0 Å². The van der Waals surface area contributed by atoms with Crippen LogP contribution in [-0.2, 0) is 17.8 Å². The summed E-state index contributed by atoms with van der Waals surface area (Å²) >= 11 is 13.3. The average molecular weight is 399 g/mol. The fourth-order valence-corrected chi connectivity index (χ4v) is 4.08. The van der Waals surface area contributed by atoms with Gasteiger partial charge in [-0.25, -0.2) is 4.98 Å². The van der Waals surface area contributed by atoms with Crippen LogP contribution >= 0.6 is 35.0 Å². The number of amides is 1. The maximum absolute atomic E-state index is 12.0. The normalized spacial score (nSPS) is 14.8. The molecule has 1 aliphatic carbocycles. The summed E-state index contributed by atoms with van der Waals surface area (Å²) in [7, 11) is 0. The van der Waals surface area contributed by atoms with Gasteiger partial charge in [-0.3, -0.25) is 9.89 Å². The molecular formula is C17H20Cl2N4OS. The van der Waals surface area contributed by atoms with Crippen molar-refractivity contribution in [3.8, 4) is 0 Å². The van der Waals surface area contributed by atoms with Crippen molar-refractivity contribution < 1.29 is 4.79 Å². The van der Waals surface area contributed by atoms with Crippen molar-refractivity contribution in [3.63, 3.8) is 0 Å². The van der Waals surface area contributed by atoms with E-state index >= 15 is 0 Å². The van der Waals surface area contributed by atoms with Crippen LogP contribution in [-0.4, -0.2) is 26.8 Å². The fourth-order valence-electron chi connectivity index (χ4n) is 2.96. The van der Waals surface area contributed by atoms with Gasteiger partial charge in [-0.05, 0) is 23.6 Å². The molecular weight excluding hydrogens is 379 g/mol. The van der Waals surface area contributed by atoms with Gasteiger partial charge in [0.05, 0.1) is 5.75 Å². The number of thioether (sulfide) groups is 1. The molecule has 5 nitrogen and oxygen atoms in total. The van der Waals surface area contributed by atoms with Crippen LogP contribution in [0, 0.1) is 5.92 Å². The van der Waals surface area contributed by atoms with E-state index < -0.39 is 0 Å². The number of rotatable bonds is 7. The monoisotopic (exact) mass is 398 g/mol. The maximum Gasteiger partial charge on any atom is 0.230 e. The van der Waals surface area contributed by atoms with E-state index in [0.29, 0.717) is 21.7 Å². The van der Waals surface area contributed by atoms with Gasteiger partial charge in [0.25, 0.3) is 0 Å². The van der Waals surface area contributed by atoms with E-state index in [9.17, 15) is 4.79 Å². The van der Waals surface area contributed by atoms with Crippen LogP contribution in [0.15, 0.2) is 23.4 Å². The van der Waals surface area contributed by atoms with Crippen molar-refractivity contribution in [1.82, 2.24) is 20.5 Å². The first kappa shape index (κ1) is 18.5. The lowest BCUT2D eigenvalue weighted by molar-refractivity contribution is -0.118. The summed E-state index contributed by atoms with van der Waals surface area (Å²) in [5.41, 5.74) is 0.834. The molecule has 0 bridgehead atoms. The molecule has 0 radical (unpaired) electrons. The zero-order valence-corrected chi connectivity index (χ0v) is 16.1. The summed E-state index contributed by atoms with van der Waals surface area (Å²) in [4.78, 5) is 16.5. The largest absolute Gasteiger partial charge is 0.351 e. The molecule has 0 saturated heterocycles. The van der Waals surface area contributed by atoms with E-state index in [0.717, 1.165) is 23.7 Å². The Kier molecular flexibility index (Phi) is 6.62. The topological polar surface area (TPSA) is 70.7 Å². The molecule has 0 spiro atoms. The predicted molar refractivity (Wildman–Crippen MR) is 101 cm³/mol. The van der Waals surface area contributed by atoms with Gasteiger partial charge in [-0.1, -0.05) is 66.7 Å². The van der Waals surface area contributed by atoms with Gasteiger partial charge < -0.3 is 5.32 Å². The second-order valence-electron chi connectivity index (χ2n) is 6.22. The van der Waals surface area contributed by atoms with Gasteiger partial charge >= 0.3 is 0 Å². The molecule has 0 atom stereocenters. The molecule has 25 heavy (non-hydrogen) atoms. The molecule has 134 valence electrons. The van der Waals surface area contributed by atoms with Crippen LogP contribution in [0.1, 0.15) is 37.1 Å². The highest BCUT2D eigenvalue weighted by Gasteiger charge is 2.17. The summed E-state index contributed by atoms with van der Waals surface area (Å²) in [6.07, 6.45) is 6.14. The van der Waals surface area contributed by atoms with Crippen molar-refractivity contribution >= 4 is 40.9 Å². The smallest absolute Gasteiger partial charge is 0.230 e. The summed E-state index contributed by atoms with van der Waals surface area (Å²) in [5, 5.41) is 11.8. The summed E-state index contributed by atoms with van der Waals surface area (Å²) in [6.45, 7) is 0.371. The van der Waals surface area contributed by atoms with Crippen molar-refractivity contribution in [2.24, 2.45) is 5.92 Å². The first-order valence-corrected chi connectivity index (χ1v) is 10.1. The summed E-state index contributed by atoms with van der Waals surface area (Å²) in [6, 6.07) is 5.23. The highest BCUT2D eigenvalue weighted by Crippen LogP contribution is 2.27. The van der Waals surface area contributed by atoms with E-state index in [1.807, 2.05) is 6.07 Å². The fraction of sp³-hybridized carbons (Fsp3) is 0.471. The number of aromatic amines is 1. The third kappa shape index (κ3) is 5.62. The Morgan fingerprint density at radius 3 is 2.88 bits per heavy atom. The molecule has 1 saturated carbocycles. The van der Waals surface area contributed by atoms with Crippen molar-refractivity contribution in [2.75, 3.05) is 5.75 Å². The molecule has 1 aromatic heterocycles. The number of H-pyrrole nitrogens is 1. The number of hydrogen-bond donors (Lipinski definition) is 2. The molecule has 3 rings (SSSR count). The number of carbonyl (C=O) groups is 1. The van der Waals surface area contributed by atoms with Crippen molar-refractivity contribution in [2.45, 2.75) is 43.8 Å². The number of nitrogens with zero attached hydrogens (tertiary/aromatic N) is 2. The Labute approximate surface area is 161 Å². The van der Waals surface area contributed by atoms with Crippen LogP contribution < -0.4 is 5.32 Å². The minimum absolute atomic E-state index is 0.0850. The lowest BCUT2D eigenvalue weighted by atomic mass is 10.0. The Bertz CT molecular complexity index is 731. The minimum Gasteiger partial charge on any atom is -0.351 e.